The number of anilines is 1. The van der Waals surface area contributed by atoms with Gasteiger partial charge in [-0.25, -0.2) is 4.79 Å². The van der Waals surface area contributed by atoms with Crippen molar-refractivity contribution in [1.82, 2.24) is 20.0 Å². The molecule has 1 aliphatic heterocycles. The number of urea groups is 1. The van der Waals surface area contributed by atoms with Crippen LogP contribution in [0.15, 0.2) is 12.3 Å². The molecule has 0 atom stereocenters. The minimum atomic E-state index is -0.226. The zero-order valence-corrected chi connectivity index (χ0v) is 13.5. The van der Waals surface area contributed by atoms with Gasteiger partial charge >= 0.3 is 6.03 Å². The topological polar surface area (TPSA) is 79.3 Å². The van der Waals surface area contributed by atoms with Crippen molar-refractivity contribution in [2.24, 2.45) is 13.0 Å². The summed E-state index contributed by atoms with van der Waals surface area (Å²) in [5.74, 6) is 1.25. The Labute approximate surface area is 131 Å². The van der Waals surface area contributed by atoms with Crippen LogP contribution in [-0.4, -0.2) is 45.8 Å². The Morgan fingerprint density at radius 2 is 2.05 bits per heavy atom. The zero-order valence-electron chi connectivity index (χ0n) is 13.5. The van der Waals surface area contributed by atoms with Crippen LogP contribution in [0.25, 0.3) is 0 Å². The van der Waals surface area contributed by atoms with E-state index in [1.54, 1.807) is 24.0 Å². The molecular weight excluding hydrogens is 282 g/mol. The predicted molar refractivity (Wildman–Crippen MR) is 84.4 cm³/mol. The van der Waals surface area contributed by atoms with E-state index in [9.17, 15) is 9.59 Å². The summed E-state index contributed by atoms with van der Waals surface area (Å²) in [5.41, 5.74) is 0. The van der Waals surface area contributed by atoms with Crippen molar-refractivity contribution in [2.45, 2.75) is 39.2 Å². The van der Waals surface area contributed by atoms with Gasteiger partial charge in [0.15, 0.2) is 0 Å². The molecule has 0 aromatic carbocycles. The lowest BCUT2D eigenvalue weighted by Gasteiger charge is -2.32. The molecule has 1 aromatic heterocycles. The van der Waals surface area contributed by atoms with Gasteiger partial charge in [-0.3, -0.25) is 14.8 Å². The quantitative estimate of drug-likeness (QED) is 0.886. The molecule has 0 aliphatic carbocycles. The zero-order chi connectivity index (χ0) is 16.1. The van der Waals surface area contributed by atoms with E-state index in [4.69, 9.17) is 0 Å². The number of aryl methyl sites for hydroxylation is 1. The number of carbonyl (C=O) groups is 2. The number of piperidine rings is 1. The number of likely N-dealkylation sites (tertiary alicyclic amines) is 1. The van der Waals surface area contributed by atoms with Crippen LogP contribution >= 0.6 is 0 Å². The van der Waals surface area contributed by atoms with Gasteiger partial charge in [0.05, 0.1) is 6.20 Å². The molecule has 3 amide bonds. The van der Waals surface area contributed by atoms with Crippen LogP contribution in [0.5, 0.6) is 0 Å². The van der Waals surface area contributed by atoms with Crippen molar-refractivity contribution >= 4 is 17.8 Å². The van der Waals surface area contributed by atoms with Crippen molar-refractivity contribution in [3.05, 3.63) is 12.3 Å². The second-order valence-corrected chi connectivity index (χ2v) is 6.19. The average molecular weight is 307 g/mol. The summed E-state index contributed by atoms with van der Waals surface area (Å²) in [6.07, 6.45) is 3.82. The number of amides is 3. The van der Waals surface area contributed by atoms with Crippen LogP contribution in [-0.2, 0) is 11.8 Å². The summed E-state index contributed by atoms with van der Waals surface area (Å²) >= 11 is 0. The number of rotatable bonds is 4. The monoisotopic (exact) mass is 307 g/mol. The van der Waals surface area contributed by atoms with Crippen LogP contribution < -0.4 is 10.6 Å². The van der Waals surface area contributed by atoms with Gasteiger partial charge in [-0.05, 0) is 18.8 Å². The van der Waals surface area contributed by atoms with Crippen LogP contribution in [0.4, 0.5) is 10.6 Å². The number of nitrogens with zero attached hydrogens (tertiary/aromatic N) is 3. The molecule has 122 valence electrons. The summed E-state index contributed by atoms with van der Waals surface area (Å²) in [5, 5.41) is 9.72. The van der Waals surface area contributed by atoms with Gasteiger partial charge in [-0.2, -0.15) is 5.10 Å². The summed E-state index contributed by atoms with van der Waals surface area (Å²) in [7, 11) is 1.77. The number of nitrogens with one attached hydrogen (secondary N) is 2. The fourth-order valence-corrected chi connectivity index (χ4v) is 2.59. The smallest absolute Gasteiger partial charge is 0.320 e. The summed E-state index contributed by atoms with van der Waals surface area (Å²) in [6, 6.07) is 1.62. The lowest BCUT2D eigenvalue weighted by molar-refractivity contribution is -0.133. The first-order valence-electron chi connectivity index (χ1n) is 7.79. The molecule has 1 aliphatic rings. The maximum absolute atomic E-state index is 12.0. The molecule has 0 saturated carbocycles. The van der Waals surface area contributed by atoms with Gasteiger partial charge < -0.3 is 10.2 Å². The summed E-state index contributed by atoms with van der Waals surface area (Å²) in [6.45, 7) is 5.52. The van der Waals surface area contributed by atoms with Crippen molar-refractivity contribution in [3.8, 4) is 0 Å². The molecule has 0 radical (unpaired) electrons. The van der Waals surface area contributed by atoms with Crippen LogP contribution in [0.3, 0.4) is 0 Å². The van der Waals surface area contributed by atoms with Gasteiger partial charge in [0.25, 0.3) is 0 Å². The SMILES string of the molecule is CC(C)CC(=O)N1CCC(NC(=O)Nc2ccnn2C)CC1. The maximum atomic E-state index is 12.0. The van der Waals surface area contributed by atoms with Gasteiger partial charge in [-0.1, -0.05) is 13.8 Å². The lowest BCUT2D eigenvalue weighted by atomic mass is 10.0. The van der Waals surface area contributed by atoms with E-state index in [2.05, 4.69) is 29.6 Å². The molecule has 0 unspecified atom stereocenters. The fourth-order valence-electron chi connectivity index (χ4n) is 2.59. The normalized spacial score (nSPS) is 15.9. The molecule has 7 heteroatoms. The van der Waals surface area contributed by atoms with Gasteiger partial charge in [0.1, 0.15) is 5.82 Å². The Morgan fingerprint density at radius 3 is 2.59 bits per heavy atom. The second kappa shape index (κ2) is 7.29. The number of hydrogen-bond donors (Lipinski definition) is 2. The Morgan fingerprint density at radius 1 is 1.36 bits per heavy atom. The van der Waals surface area contributed by atoms with E-state index < -0.39 is 0 Å². The minimum Gasteiger partial charge on any atom is -0.343 e. The Hall–Kier alpha value is -2.05. The first kappa shape index (κ1) is 16.3. The van der Waals surface area contributed by atoms with Crippen molar-refractivity contribution < 1.29 is 9.59 Å². The molecule has 2 N–H and O–H groups in total. The Bertz CT molecular complexity index is 518. The molecule has 1 saturated heterocycles. The number of hydrogen-bond acceptors (Lipinski definition) is 3. The molecule has 1 fully saturated rings. The van der Waals surface area contributed by atoms with E-state index in [1.807, 2.05) is 4.90 Å². The predicted octanol–water partition coefficient (Wildman–Crippen LogP) is 1.58. The lowest BCUT2D eigenvalue weighted by Crippen LogP contribution is -2.47. The van der Waals surface area contributed by atoms with Crippen molar-refractivity contribution in [1.29, 1.82) is 0 Å². The van der Waals surface area contributed by atoms with E-state index in [1.165, 1.54) is 0 Å². The molecule has 0 bridgehead atoms. The van der Waals surface area contributed by atoms with E-state index >= 15 is 0 Å². The van der Waals surface area contributed by atoms with E-state index in [0.717, 1.165) is 12.8 Å². The number of carbonyl (C=O) groups excluding carboxylic acids is 2. The molecule has 1 aromatic rings. The Kier molecular flexibility index (Phi) is 5.41. The molecule has 0 spiro atoms. The van der Waals surface area contributed by atoms with Crippen molar-refractivity contribution in [2.75, 3.05) is 18.4 Å². The molecule has 2 heterocycles. The fraction of sp³-hybridized carbons (Fsp3) is 0.667. The third kappa shape index (κ3) is 4.47. The first-order chi connectivity index (χ1) is 10.5. The third-order valence-corrected chi connectivity index (χ3v) is 3.83. The van der Waals surface area contributed by atoms with E-state index in [-0.39, 0.29) is 18.0 Å². The van der Waals surface area contributed by atoms with Crippen LogP contribution in [0.1, 0.15) is 33.1 Å². The summed E-state index contributed by atoms with van der Waals surface area (Å²) < 4.78 is 1.60. The largest absolute Gasteiger partial charge is 0.343 e. The molecule has 7 nitrogen and oxygen atoms in total. The molecule has 2 rings (SSSR count). The van der Waals surface area contributed by atoms with E-state index in [0.29, 0.717) is 31.2 Å². The van der Waals surface area contributed by atoms with Gasteiger partial charge in [-0.15, -0.1) is 0 Å². The standard InChI is InChI=1S/C15H25N5O2/c1-11(2)10-14(21)20-8-5-12(6-9-20)17-15(22)18-13-4-7-16-19(13)3/h4,7,11-12H,5-6,8-10H2,1-3H3,(H2,17,18,22). The highest BCUT2D eigenvalue weighted by Gasteiger charge is 2.24. The van der Waals surface area contributed by atoms with Gasteiger partial charge in [0.2, 0.25) is 5.91 Å². The molecule has 22 heavy (non-hydrogen) atoms. The molecular formula is C15H25N5O2. The average Bonchev–Trinajstić information content (AvgIpc) is 2.84. The summed E-state index contributed by atoms with van der Waals surface area (Å²) in [4.78, 5) is 25.9. The van der Waals surface area contributed by atoms with Crippen LogP contribution in [0, 0.1) is 5.92 Å². The highest BCUT2D eigenvalue weighted by molar-refractivity contribution is 5.88. The second-order valence-electron chi connectivity index (χ2n) is 6.19. The maximum Gasteiger partial charge on any atom is 0.320 e. The highest BCUT2D eigenvalue weighted by Crippen LogP contribution is 2.14. The van der Waals surface area contributed by atoms with Crippen molar-refractivity contribution in [3.63, 3.8) is 0 Å². The van der Waals surface area contributed by atoms with Gasteiger partial charge in [0, 0.05) is 38.7 Å². The highest BCUT2D eigenvalue weighted by atomic mass is 16.2. The third-order valence-electron chi connectivity index (χ3n) is 3.83. The first-order valence-corrected chi connectivity index (χ1v) is 7.79. The number of aromatic nitrogens is 2. The van der Waals surface area contributed by atoms with Crippen LogP contribution in [0.2, 0.25) is 0 Å². The Balaban J connectivity index is 1.74. The minimum absolute atomic E-state index is 0.108.